The second-order valence-electron chi connectivity index (χ2n) is 6.30. The van der Waals surface area contributed by atoms with Gasteiger partial charge in [-0.2, -0.15) is 0 Å². The van der Waals surface area contributed by atoms with Crippen LogP contribution in [0.15, 0.2) is 30.3 Å². The first-order valence-electron chi connectivity index (χ1n) is 8.53. The third-order valence-corrected chi connectivity index (χ3v) is 4.80. The van der Waals surface area contributed by atoms with Gasteiger partial charge in [-0.1, -0.05) is 12.1 Å². The minimum absolute atomic E-state index is 0.670. The van der Waals surface area contributed by atoms with Crippen LogP contribution in [0.4, 0.5) is 5.69 Å². The normalized spacial score (nSPS) is 14.0. The van der Waals surface area contributed by atoms with Crippen LogP contribution in [0.25, 0.3) is 0 Å². The van der Waals surface area contributed by atoms with Crippen LogP contribution in [-0.2, 0) is 19.4 Å². The lowest BCUT2D eigenvalue weighted by molar-refractivity contribution is 0.247. The van der Waals surface area contributed by atoms with E-state index < -0.39 is 0 Å². The minimum Gasteiger partial charge on any atom is -0.493 e. The Morgan fingerprint density at radius 2 is 1.72 bits per heavy atom. The summed E-state index contributed by atoms with van der Waals surface area (Å²) < 4.78 is 16.6. The quantitative estimate of drug-likeness (QED) is 0.818. The summed E-state index contributed by atoms with van der Waals surface area (Å²) in [6, 6.07) is 10.2. The van der Waals surface area contributed by atoms with Gasteiger partial charge in [-0.15, -0.1) is 0 Å². The molecule has 25 heavy (non-hydrogen) atoms. The van der Waals surface area contributed by atoms with Gasteiger partial charge in [0.1, 0.15) is 0 Å². The molecule has 3 rings (SSSR count). The van der Waals surface area contributed by atoms with E-state index in [0.29, 0.717) is 5.75 Å². The van der Waals surface area contributed by atoms with Crippen LogP contribution in [0, 0.1) is 0 Å². The molecule has 0 saturated heterocycles. The summed E-state index contributed by atoms with van der Waals surface area (Å²) in [6.45, 7) is 2.88. The zero-order chi connectivity index (χ0) is 17.8. The van der Waals surface area contributed by atoms with Crippen molar-refractivity contribution in [2.75, 3.05) is 40.2 Å². The molecule has 1 aliphatic rings. The number of methoxy groups -OCH3 is 3. The highest BCUT2D eigenvalue weighted by Gasteiger charge is 2.25. The molecule has 0 spiro atoms. The van der Waals surface area contributed by atoms with E-state index in [1.165, 1.54) is 16.7 Å². The number of rotatable bonds is 6. The highest BCUT2D eigenvalue weighted by Crippen LogP contribution is 2.43. The number of ether oxygens (including phenoxy) is 3. The van der Waals surface area contributed by atoms with Gasteiger partial charge in [0.2, 0.25) is 5.75 Å². The highest BCUT2D eigenvalue weighted by molar-refractivity contribution is 5.59. The fourth-order valence-corrected chi connectivity index (χ4v) is 3.41. The van der Waals surface area contributed by atoms with E-state index in [1.54, 1.807) is 21.3 Å². The first-order chi connectivity index (χ1) is 12.2. The molecule has 2 aromatic carbocycles. The van der Waals surface area contributed by atoms with Crippen molar-refractivity contribution in [1.29, 1.82) is 0 Å². The lowest BCUT2D eigenvalue weighted by Gasteiger charge is -2.31. The van der Waals surface area contributed by atoms with E-state index >= 15 is 0 Å². The van der Waals surface area contributed by atoms with Crippen LogP contribution in [0.1, 0.15) is 16.7 Å². The van der Waals surface area contributed by atoms with Crippen LogP contribution in [0.2, 0.25) is 0 Å². The monoisotopic (exact) mass is 342 g/mol. The van der Waals surface area contributed by atoms with Crippen molar-refractivity contribution in [2.45, 2.75) is 19.4 Å². The fourth-order valence-electron chi connectivity index (χ4n) is 3.41. The standard InChI is InChI=1S/C20H26N2O3/c1-23-18-12-15-9-11-22(10-8-14-4-6-16(21)7-5-14)13-17(15)19(24-2)20(18)25-3/h4-7,12H,8-11,13,21H2,1-3H3. The molecular weight excluding hydrogens is 316 g/mol. The molecule has 0 aliphatic carbocycles. The Hall–Kier alpha value is -2.40. The van der Waals surface area contributed by atoms with Gasteiger partial charge in [0.15, 0.2) is 11.5 Å². The highest BCUT2D eigenvalue weighted by atomic mass is 16.5. The predicted molar refractivity (Wildman–Crippen MR) is 99.6 cm³/mol. The number of nitrogens with two attached hydrogens (primary N) is 1. The molecule has 0 atom stereocenters. The number of anilines is 1. The Kier molecular flexibility index (Phi) is 5.34. The van der Waals surface area contributed by atoms with Crippen molar-refractivity contribution in [2.24, 2.45) is 0 Å². The summed E-state index contributed by atoms with van der Waals surface area (Å²) in [5.74, 6) is 2.19. The summed E-state index contributed by atoms with van der Waals surface area (Å²) >= 11 is 0. The van der Waals surface area contributed by atoms with Crippen molar-refractivity contribution in [3.8, 4) is 17.2 Å². The Balaban J connectivity index is 1.76. The average molecular weight is 342 g/mol. The Labute approximate surface area is 149 Å². The van der Waals surface area contributed by atoms with E-state index in [2.05, 4.69) is 23.1 Å². The fraction of sp³-hybridized carbons (Fsp3) is 0.400. The van der Waals surface area contributed by atoms with Gasteiger partial charge in [-0.25, -0.2) is 0 Å². The van der Waals surface area contributed by atoms with E-state index in [1.807, 2.05) is 12.1 Å². The molecule has 0 bridgehead atoms. The molecule has 2 aromatic rings. The maximum absolute atomic E-state index is 5.76. The smallest absolute Gasteiger partial charge is 0.203 e. The molecule has 1 aliphatic heterocycles. The first kappa shape index (κ1) is 17.4. The summed E-state index contributed by atoms with van der Waals surface area (Å²) in [5.41, 5.74) is 10.3. The topological polar surface area (TPSA) is 57.0 Å². The zero-order valence-electron chi connectivity index (χ0n) is 15.2. The summed E-state index contributed by atoms with van der Waals surface area (Å²) in [7, 11) is 4.99. The van der Waals surface area contributed by atoms with Crippen LogP contribution >= 0.6 is 0 Å². The molecule has 2 N–H and O–H groups in total. The molecule has 0 amide bonds. The second kappa shape index (κ2) is 7.66. The Bertz CT molecular complexity index is 729. The molecule has 0 fully saturated rings. The van der Waals surface area contributed by atoms with Crippen LogP contribution in [0.3, 0.4) is 0 Å². The lowest BCUT2D eigenvalue weighted by atomic mass is 9.97. The van der Waals surface area contributed by atoms with Gasteiger partial charge in [-0.3, -0.25) is 4.90 Å². The van der Waals surface area contributed by atoms with E-state index in [9.17, 15) is 0 Å². The number of hydrogen-bond acceptors (Lipinski definition) is 5. The van der Waals surface area contributed by atoms with Gasteiger partial charge in [0.25, 0.3) is 0 Å². The molecule has 0 aromatic heterocycles. The van der Waals surface area contributed by atoms with Crippen LogP contribution in [0.5, 0.6) is 17.2 Å². The van der Waals surface area contributed by atoms with Gasteiger partial charge in [0, 0.05) is 30.9 Å². The number of nitrogens with zero attached hydrogens (tertiary/aromatic N) is 1. The Morgan fingerprint density at radius 3 is 2.36 bits per heavy atom. The summed E-state index contributed by atoms with van der Waals surface area (Å²) in [5, 5.41) is 0. The lowest BCUT2D eigenvalue weighted by Crippen LogP contribution is -2.32. The first-order valence-corrected chi connectivity index (χ1v) is 8.53. The van der Waals surface area contributed by atoms with E-state index in [-0.39, 0.29) is 0 Å². The largest absolute Gasteiger partial charge is 0.493 e. The van der Waals surface area contributed by atoms with Crippen molar-refractivity contribution in [3.05, 3.63) is 47.0 Å². The molecule has 0 saturated carbocycles. The van der Waals surface area contributed by atoms with Crippen LogP contribution < -0.4 is 19.9 Å². The average Bonchev–Trinajstić information content (AvgIpc) is 2.65. The minimum atomic E-state index is 0.670. The molecule has 0 unspecified atom stereocenters. The maximum Gasteiger partial charge on any atom is 0.203 e. The van der Waals surface area contributed by atoms with Gasteiger partial charge < -0.3 is 19.9 Å². The van der Waals surface area contributed by atoms with Gasteiger partial charge >= 0.3 is 0 Å². The third kappa shape index (κ3) is 3.66. The predicted octanol–water partition coefficient (Wildman–Crippen LogP) is 2.90. The molecule has 0 radical (unpaired) electrons. The number of benzene rings is 2. The summed E-state index contributed by atoms with van der Waals surface area (Å²) in [4.78, 5) is 2.45. The van der Waals surface area contributed by atoms with E-state index in [4.69, 9.17) is 19.9 Å². The van der Waals surface area contributed by atoms with Crippen molar-refractivity contribution >= 4 is 5.69 Å². The molecule has 5 nitrogen and oxygen atoms in total. The third-order valence-electron chi connectivity index (χ3n) is 4.80. The van der Waals surface area contributed by atoms with Crippen molar-refractivity contribution in [1.82, 2.24) is 4.90 Å². The van der Waals surface area contributed by atoms with E-state index in [0.717, 1.165) is 49.7 Å². The number of fused-ring (bicyclic) bond motifs is 1. The summed E-state index contributed by atoms with van der Waals surface area (Å²) in [6.07, 6.45) is 1.99. The molecule has 134 valence electrons. The van der Waals surface area contributed by atoms with Gasteiger partial charge in [-0.05, 0) is 42.2 Å². The zero-order valence-corrected chi connectivity index (χ0v) is 15.2. The molecule has 1 heterocycles. The SMILES string of the molecule is COc1cc2c(c(OC)c1OC)CN(CCc1ccc(N)cc1)CC2. The number of nitrogen functional groups attached to an aromatic ring is 1. The van der Waals surface area contributed by atoms with Crippen molar-refractivity contribution < 1.29 is 14.2 Å². The molecule has 5 heteroatoms. The maximum atomic E-state index is 5.76. The Morgan fingerprint density at radius 1 is 1.00 bits per heavy atom. The molecular formula is C20H26N2O3. The second-order valence-corrected chi connectivity index (χ2v) is 6.30. The van der Waals surface area contributed by atoms with Crippen LogP contribution in [-0.4, -0.2) is 39.3 Å². The van der Waals surface area contributed by atoms with Gasteiger partial charge in [0.05, 0.1) is 21.3 Å². The number of hydrogen-bond donors (Lipinski definition) is 1. The van der Waals surface area contributed by atoms with Crippen molar-refractivity contribution in [3.63, 3.8) is 0 Å².